The van der Waals surface area contributed by atoms with E-state index in [0.717, 1.165) is 6.04 Å². The highest BCUT2D eigenvalue weighted by Gasteiger charge is 2.16. The Labute approximate surface area is 110 Å². The summed E-state index contributed by atoms with van der Waals surface area (Å²) in [6.45, 7) is 7.00. The zero-order valence-electron chi connectivity index (χ0n) is 11.0. The standard InChI is InChI=1S/C15H23NS/c1-13-3-5-15(6-4-13)7-9-16-10-12-17-11-8-14(16)2/h3-6,14H,7-12H2,1-2H3. The first-order valence-electron chi connectivity index (χ1n) is 6.63. The van der Waals surface area contributed by atoms with Crippen LogP contribution in [0.1, 0.15) is 24.5 Å². The average molecular weight is 249 g/mol. The zero-order chi connectivity index (χ0) is 12.1. The second kappa shape index (κ2) is 6.46. The van der Waals surface area contributed by atoms with Crippen molar-refractivity contribution in [1.29, 1.82) is 0 Å². The highest BCUT2D eigenvalue weighted by molar-refractivity contribution is 7.99. The van der Waals surface area contributed by atoms with Crippen molar-refractivity contribution in [1.82, 2.24) is 4.90 Å². The third-order valence-corrected chi connectivity index (χ3v) is 4.63. The van der Waals surface area contributed by atoms with Crippen molar-refractivity contribution < 1.29 is 0 Å². The summed E-state index contributed by atoms with van der Waals surface area (Å²) < 4.78 is 0. The summed E-state index contributed by atoms with van der Waals surface area (Å²) in [5.74, 6) is 2.64. The SMILES string of the molecule is Cc1ccc(CCN2CCSCCC2C)cc1. The third-order valence-electron chi connectivity index (χ3n) is 3.63. The van der Waals surface area contributed by atoms with E-state index in [1.165, 1.54) is 48.6 Å². The van der Waals surface area contributed by atoms with Crippen LogP contribution in [-0.4, -0.2) is 35.5 Å². The van der Waals surface area contributed by atoms with Crippen molar-refractivity contribution in [3.8, 4) is 0 Å². The molecule has 1 nitrogen and oxygen atoms in total. The topological polar surface area (TPSA) is 3.24 Å². The molecule has 0 radical (unpaired) electrons. The van der Waals surface area contributed by atoms with Crippen LogP contribution < -0.4 is 0 Å². The maximum Gasteiger partial charge on any atom is 0.00753 e. The molecule has 0 saturated carbocycles. The fourth-order valence-corrected chi connectivity index (χ4v) is 3.38. The Balaban J connectivity index is 1.85. The van der Waals surface area contributed by atoms with E-state index in [4.69, 9.17) is 0 Å². The van der Waals surface area contributed by atoms with Crippen LogP contribution >= 0.6 is 11.8 Å². The fraction of sp³-hybridized carbons (Fsp3) is 0.600. The van der Waals surface area contributed by atoms with Crippen molar-refractivity contribution in [2.24, 2.45) is 0 Å². The molecule has 94 valence electrons. The predicted octanol–water partition coefficient (Wildman–Crippen LogP) is 3.36. The van der Waals surface area contributed by atoms with E-state index < -0.39 is 0 Å². The van der Waals surface area contributed by atoms with Crippen LogP contribution in [-0.2, 0) is 6.42 Å². The maximum atomic E-state index is 2.65. The van der Waals surface area contributed by atoms with Gasteiger partial charge in [-0.3, -0.25) is 4.90 Å². The van der Waals surface area contributed by atoms with Gasteiger partial charge in [-0.15, -0.1) is 0 Å². The summed E-state index contributed by atoms with van der Waals surface area (Å²) in [6.07, 6.45) is 2.54. The van der Waals surface area contributed by atoms with Gasteiger partial charge in [0.15, 0.2) is 0 Å². The lowest BCUT2D eigenvalue weighted by Gasteiger charge is -2.26. The van der Waals surface area contributed by atoms with Crippen molar-refractivity contribution in [3.63, 3.8) is 0 Å². The fourth-order valence-electron chi connectivity index (χ4n) is 2.30. The van der Waals surface area contributed by atoms with E-state index in [9.17, 15) is 0 Å². The summed E-state index contributed by atoms with van der Waals surface area (Å²) in [5, 5.41) is 0. The number of hydrogen-bond donors (Lipinski definition) is 0. The molecule has 1 aromatic carbocycles. The molecule has 1 fully saturated rings. The first-order valence-corrected chi connectivity index (χ1v) is 7.78. The van der Waals surface area contributed by atoms with Gasteiger partial charge in [0.2, 0.25) is 0 Å². The average Bonchev–Trinajstić information content (AvgIpc) is 2.54. The first-order chi connectivity index (χ1) is 8.25. The number of thioether (sulfide) groups is 1. The Morgan fingerprint density at radius 3 is 2.76 bits per heavy atom. The lowest BCUT2D eigenvalue weighted by atomic mass is 10.1. The van der Waals surface area contributed by atoms with Gasteiger partial charge < -0.3 is 0 Å². The van der Waals surface area contributed by atoms with Gasteiger partial charge in [-0.25, -0.2) is 0 Å². The highest BCUT2D eigenvalue weighted by atomic mass is 32.2. The number of nitrogens with zero attached hydrogens (tertiary/aromatic N) is 1. The molecule has 1 unspecified atom stereocenters. The molecule has 0 aromatic heterocycles. The first kappa shape index (κ1) is 13.0. The van der Waals surface area contributed by atoms with Crippen molar-refractivity contribution in [2.45, 2.75) is 32.7 Å². The number of aryl methyl sites for hydroxylation is 1. The van der Waals surface area contributed by atoms with Crippen LogP contribution in [0.5, 0.6) is 0 Å². The highest BCUT2D eigenvalue weighted by Crippen LogP contribution is 2.16. The molecule has 1 aromatic rings. The van der Waals surface area contributed by atoms with Gasteiger partial charge in [0.25, 0.3) is 0 Å². The van der Waals surface area contributed by atoms with Crippen molar-refractivity contribution >= 4 is 11.8 Å². The van der Waals surface area contributed by atoms with E-state index in [-0.39, 0.29) is 0 Å². The normalized spacial score (nSPS) is 22.4. The molecule has 2 rings (SSSR count). The summed E-state index contributed by atoms with van der Waals surface area (Å²) in [4.78, 5) is 2.65. The second-order valence-corrected chi connectivity index (χ2v) is 6.25. The van der Waals surface area contributed by atoms with Gasteiger partial charge in [-0.05, 0) is 38.0 Å². The minimum atomic E-state index is 0.760. The Morgan fingerprint density at radius 1 is 1.24 bits per heavy atom. The molecule has 1 aliphatic heterocycles. The lowest BCUT2D eigenvalue weighted by Crippen LogP contribution is -2.35. The molecule has 2 heteroatoms. The molecular weight excluding hydrogens is 226 g/mol. The molecule has 0 amide bonds. The lowest BCUT2D eigenvalue weighted by molar-refractivity contribution is 0.224. The Bertz CT molecular complexity index is 333. The molecule has 0 N–H and O–H groups in total. The Morgan fingerprint density at radius 2 is 2.00 bits per heavy atom. The smallest absolute Gasteiger partial charge is 0.00753 e. The predicted molar refractivity (Wildman–Crippen MR) is 77.9 cm³/mol. The summed E-state index contributed by atoms with van der Waals surface area (Å²) >= 11 is 2.11. The summed E-state index contributed by atoms with van der Waals surface area (Å²) in [7, 11) is 0. The van der Waals surface area contributed by atoms with Crippen LogP contribution in [0.2, 0.25) is 0 Å². The molecule has 0 spiro atoms. The second-order valence-electron chi connectivity index (χ2n) is 5.02. The molecule has 1 atom stereocenters. The van der Waals surface area contributed by atoms with E-state index in [0.29, 0.717) is 0 Å². The third kappa shape index (κ3) is 4.04. The molecule has 1 aliphatic rings. The van der Waals surface area contributed by atoms with Crippen LogP contribution in [0, 0.1) is 6.92 Å². The van der Waals surface area contributed by atoms with E-state index >= 15 is 0 Å². The molecular formula is C15H23NS. The van der Waals surface area contributed by atoms with Crippen LogP contribution in [0.4, 0.5) is 0 Å². The largest absolute Gasteiger partial charge is 0.299 e. The maximum absolute atomic E-state index is 2.65. The van der Waals surface area contributed by atoms with Gasteiger partial charge >= 0.3 is 0 Å². The monoisotopic (exact) mass is 249 g/mol. The van der Waals surface area contributed by atoms with Gasteiger partial charge in [-0.1, -0.05) is 29.8 Å². The minimum Gasteiger partial charge on any atom is -0.299 e. The number of rotatable bonds is 3. The van der Waals surface area contributed by atoms with Gasteiger partial charge in [0.1, 0.15) is 0 Å². The molecule has 1 heterocycles. The van der Waals surface area contributed by atoms with E-state index in [1.54, 1.807) is 0 Å². The molecule has 1 saturated heterocycles. The molecule has 0 bridgehead atoms. The van der Waals surface area contributed by atoms with Gasteiger partial charge in [-0.2, -0.15) is 11.8 Å². The quantitative estimate of drug-likeness (QED) is 0.808. The van der Waals surface area contributed by atoms with E-state index in [2.05, 4.69) is 54.8 Å². The Hall–Kier alpha value is -0.470. The van der Waals surface area contributed by atoms with Crippen LogP contribution in [0.3, 0.4) is 0 Å². The molecule has 17 heavy (non-hydrogen) atoms. The van der Waals surface area contributed by atoms with Crippen LogP contribution in [0.25, 0.3) is 0 Å². The van der Waals surface area contributed by atoms with Gasteiger partial charge in [0, 0.05) is 24.9 Å². The minimum absolute atomic E-state index is 0.760. The number of benzene rings is 1. The van der Waals surface area contributed by atoms with Crippen molar-refractivity contribution in [2.75, 3.05) is 24.6 Å². The Kier molecular flexibility index (Phi) is 4.93. The van der Waals surface area contributed by atoms with Crippen LogP contribution in [0.15, 0.2) is 24.3 Å². The summed E-state index contributed by atoms with van der Waals surface area (Å²) in [5.41, 5.74) is 2.83. The number of hydrogen-bond acceptors (Lipinski definition) is 2. The summed E-state index contributed by atoms with van der Waals surface area (Å²) in [6, 6.07) is 9.74. The van der Waals surface area contributed by atoms with Crippen molar-refractivity contribution in [3.05, 3.63) is 35.4 Å². The van der Waals surface area contributed by atoms with E-state index in [1.807, 2.05) is 0 Å². The van der Waals surface area contributed by atoms with Gasteiger partial charge in [0.05, 0.1) is 0 Å². The zero-order valence-corrected chi connectivity index (χ0v) is 11.8. The molecule has 0 aliphatic carbocycles.